The molecule has 2 aliphatic heterocycles. The van der Waals surface area contributed by atoms with Crippen molar-refractivity contribution in [3.63, 3.8) is 0 Å². The summed E-state index contributed by atoms with van der Waals surface area (Å²) in [6.45, 7) is 2.94. The van der Waals surface area contributed by atoms with E-state index < -0.39 is 0 Å². The highest BCUT2D eigenvalue weighted by Crippen LogP contribution is 2.30. The van der Waals surface area contributed by atoms with Gasteiger partial charge in [-0.05, 0) is 32.1 Å². The minimum atomic E-state index is 0.0822. The zero-order chi connectivity index (χ0) is 13.9. The lowest BCUT2D eigenvalue weighted by molar-refractivity contribution is 0.0616. The van der Waals surface area contributed by atoms with Crippen LogP contribution in [0.4, 0.5) is 0 Å². The van der Waals surface area contributed by atoms with E-state index >= 15 is 0 Å². The summed E-state index contributed by atoms with van der Waals surface area (Å²) in [7, 11) is 0. The van der Waals surface area contributed by atoms with Crippen LogP contribution in [0.15, 0.2) is 18.7 Å². The van der Waals surface area contributed by atoms with Crippen molar-refractivity contribution in [1.29, 1.82) is 0 Å². The largest absolute Gasteiger partial charge is 0.335 e. The monoisotopic (exact) mass is 274 g/mol. The maximum Gasteiger partial charge on any atom is 0.257 e. The molecule has 3 rings (SSSR count). The molecular weight excluding hydrogens is 252 g/mol. The molecule has 1 amide bonds. The van der Waals surface area contributed by atoms with Gasteiger partial charge < -0.3 is 10.2 Å². The van der Waals surface area contributed by atoms with Crippen LogP contribution in [0.5, 0.6) is 0 Å². The van der Waals surface area contributed by atoms with Gasteiger partial charge in [-0.15, -0.1) is 0 Å². The van der Waals surface area contributed by atoms with Crippen molar-refractivity contribution in [2.24, 2.45) is 0 Å². The van der Waals surface area contributed by atoms with Crippen molar-refractivity contribution in [3.8, 4) is 0 Å². The second kappa shape index (κ2) is 5.87. The Morgan fingerprint density at radius 1 is 1.30 bits per heavy atom. The zero-order valence-corrected chi connectivity index (χ0v) is 12.0. The summed E-state index contributed by atoms with van der Waals surface area (Å²) >= 11 is 0. The van der Waals surface area contributed by atoms with Gasteiger partial charge in [-0.3, -0.25) is 4.79 Å². The van der Waals surface area contributed by atoms with Gasteiger partial charge >= 0.3 is 0 Å². The molecule has 0 aliphatic carbocycles. The van der Waals surface area contributed by atoms with Crippen molar-refractivity contribution in [2.45, 2.75) is 57.2 Å². The van der Waals surface area contributed by atoms with Crippen LogP contribution in [0, 0.1) is 0 Å². The number of hydrogen-bond donors (Lipinski definition) is 1. The van der Waals surface area contributed by atoms with Crippen LogP contribution in [-0.4, -0.2) is 45.4 Å². The molecule has 5 heteroatoms. The lowest BCUT2D eigenvalue weighted by Gasteiger charge is -2.37. The molecule has 0 radical (unpaired) electrons. The van der Waals surface area contributed by atoms with Crippen LogP contribution >= 0.6 is 0 Å². The molecule has 20 heavy (non-hydrogen) atoms. The van der Waals surface area contributed by atoms with Crippen molar-refractivity contribution in [2.75, 3.05) is 6.54 Å². The third kappa shape index (κ3) is 2.68. The van der Waals surface area contributed by atoms with E-state index in [1.807, 2.05) is 4.90 Å². The van der Waals surface area contributed by atoms with Crippen LogP contribution < -0.4 is 5.32 Å². The molecule has 1 aromatic rings. The molecular formula is C15H22N4O. The molecule has 2 aliphatic rings. The SMILES string of the molecule is CCCN(C(=O)c1cncnc1)C1CC2CCC(C1)N2. The summed E-state index contributed by atoms with van der Waals surface area (Å²) in [5, 5.41) is 3.63. The Bertz CT molecular complexity index is 452. The van der Waals surface area contributed by atoms with E-state index in [2.05, 4.69) is 22.2 Å². The summed E-state index contributed by atoms with van der Waals surface area (Å²) in [6.07, 6.45) is 10.4. The fraction of sp³-hybridized carbons (Fsp3) is 0.667. The van der Waals surface area contributed by atoms with Gasteiger partial charge in [0.05, 0.1) is 5.56 Å². The normalized spacial score (nSPS) is 28.4. The van der Waals surface area contributed by atoms with Crippen molar-refractivity contribution < 1.29 is 4.79 Å². The smallest absolute Gasteiger partial charge is 0.257 e. The first-order valence-electron chi connectivity index (χ1n) is 7.60. The molecule has 2 bridgehead atoms. The Morgan fingerprint density at radius 3 is 2.55 bits per heavy atom. The minimum Gasteiger partial charge on any atom is -0.335 e. The van der Waals surface area contributed by atoms with Gasteiger partial charge in [-0.25, -0.2) is 9.97 Å². The number of rotatable bonds is 4. The molecule has 1 N–H and O–H groups in total. The molecule has 0 aromatic carbocycles. The highest BCUT2D eigenvalue weighted by Gasteiger charge is 2.37. The maximum atomic E-state index is 12.7. The predicted octanol–water partition coefficient (Wildman–Crippen LogP) is 1.61. The average Bonchev–Trinajstić information content (AvgIpc) is 2.83. The zero-order valence-electron chi connectivity index (χ0n) is 12.0. The van der Waals surface area contributed by atoms with Gasteiger partial charge in [0.1, 0.15) is 6.33 Å². The van der Waals surface area contributed by atoms with Gasteiger partial charge in [0, 0.05) is 37.1 Å². The van der Waals surface area contributed by atoms with Crippen LogP contribution in [0.1, 0.15) is 49.4 Å². The Hall–Kier alpha value is -1.49. The fourth-order valence-corrected chi connectivity index (χ4v) is 3.55. The van der Waals surface area contributed by atoms with E-state index in [9.17, 15) is 4.79 Å². The van der Waals surface area contributed by atoms with E-state index in [1.54, 1.807) is 12.4 Å². The highest BCUT2D eigenvalue weighted by atomic mass is 16.2. The molecule has 0 spiro atoms. The summed E-state index contributed by atoms with van der Waals surface area (Å²) in [4.78, 5) is 22.7. The topological polar surface area (TPSA) is 58.1 Å². The van der Waals surface area contributed by atoms with Gasteiger partial charge in [-0.2, -0.15) is 0 Å². The molecule has 5 nitrogen and oxygen atoms in total. The number of aromatic nitrogens is 2. The van der Waals surface area contributed by atoms with Crippen LogP contribution in [-0.2, 0) is 0 Å². The van der Waals surface area contributed by atoms with E-state index in [0.717, 1.165) is 25.8 Å². The van der Waals surface area contributed by atoms with E-state index in [1.165, 1.54) is 19.2 Å². The van der Waals surface area contributed by atoms with Crippen LogP contribution in [0.25, 0.3) is 0 Å². The molecule has 2 fully saturated rings. The fourth-order valence-electron chi connectivity index (χ4n) is 3.55. The number of carbonyl (C=O) groups is 1. The molecule has 108 valence electrons. The number of amides is 1. The number of nitrogens with one attached hydrogen (secondary N) is 1. The molecule has 2 unspecified atom stereocenters. The van der Waals surface area contributed by atoms with Gasteiger partial charge in [-0.1, -0.05) is 6.92 Å². The highest BCUT2D eigenvalue weighted by molar-refractivity contribution is 5.93. The number of nitrogens with zero attached hydrogens (tertiary/aromatic N) is 3. The molecule has 1 aromatic heterocycles. The predicted molar refractivity (Wildman–Crippen MR) is 76.3 cm³/mol. The van der Waals surface area contributed by atoms with Gasteiger partial charge in [0.2, 0.25) is 0 Å². The third-order valence-corrected chi connectivity index (χ3v) is 4.42. The Labute approximate surface area is 119 Å². The van der Waals surface area contributed by atoms with E-state index in [0.29, 0.717) is 23.7 Å². The number of carbonyl (C=O) groups excluding carboxylic acids is 1. The Morgan fingerprint density at radius 2 is 1.95 bits per heavy atom. The average molecular weight is 274 g/mol. The van der Waals surface area contributed by atoms with E-state index in [4.69, 9.17) is 0 Å². The van der Waals surface area contributed by atoms with Crippen LogP contribution in [0.3, 0.4) is 0 Å². The lowest BCUT2D eigenvalue weighted by Crippen LogP contribution is -2.50. The van der Waals surface area contributed by atoms with Gasteiger partial charge in [0.25, 0.3) is 5.91 Å². The van der Waals surface area contributed by atoms with Crippen molar-refractivity contribution in [1.82, 2.24) is 20.2 Å². The molecule has 2 atom stereocenters. The lowest BCUT2D eigenvalue weighted by atomic mass is 9.97. The number of piperidine rings is 1. The van der Waals surface area contributed by atoms with E-state index in [-0.39, 0.29) is 5.91 Å². The minimum absolute atomic E-state index is 0.0822. The first kappa shape index (κ1) is 13.5. The first-order chi connectivity index (χ1) is 9.78. The molecule has 2 saturated heterocycles. The quantitative estimate of drug-likeness (QED) is 0.906. The Balaban J connectivity index is 1.77. The van der Waals surface area contributed by atoms with Crippen molar-refractivity contribution in [3.05, 3.63) is 24.3 Å². The summed E-state index contributed by atoms with van der Waals surface area (Å²) in [6, 6.07) is 1.55. The summed E-state index contributed by atoms with van der Waals surface area (Å²) in [5.41, 5.74) is 0.604. The second-order valence-electron chi connectivity index (χ2n) is 5.89. The second-order valence-corrected chi connectivity index (χ2v) is 5.89. The summed E-state index contributed by atoms with van der Waals surface area (Å²) < 4.78 is 0. The summed E-state index contributed by atoms with van der Waals surface area (Å²) in [5.74, 6) is 0.0822. The Kier molecular flexibility index (Phi) is 3.96. The molecule has 0 saturated carbocycles. The van der Waals surface area contributed by atoms with Crippen LogP contribution in [0.2, 0.25) is 0 Å². The molecule has 3 heterocycles. The van der Waals surface area contributed by atoms with Crippen molar-refractivity contribution >= 4 is 5.91 Å². The third-order valence-electron chi connectivity index (χ3n) is 4.42. The number of hydrogen-bond acceptors (Lipinski definition) is 4. The first-order valence-corrected chi connectivity index (χ1v) is 7.60. The maximum absolute atomic E-state index is 12.7. The van der Waals surface area contributed by atoms with Gasteiger partial charge in [0.15, 0.2) is 0 Å². The standard InChI is InChI=1S/C15H22N4O/c1-2-5-19(15(20)11-8-16-10-17-9-11)14-6-12-3-4-13(7-14)18-12/h8-10,12-14,18H,2-7H2,1H3. The number of fused-ring (bicyclic) bond motifs is 2.